The summed E-state index contributed by atoms with van der Waals surface area (Å²) in [5.74, 6) is 0.0954. The fourth-order valence-corrected chi connectivity index (χ4v) is 1.97. The van der Waals surface area contributed by atoms with Crippen LogP contribution in [0.5, 0.6) is 5.75 Å². The average molecular weight is 306 g/mol. The van der Waals surface area contributed by atoms with Gasteiger partial charge in [0, 0.05) is 12.5 Å². The van der Waals surface area contributed by atoms with Crippen LogP contribution in [0.1, 0.15) is 5.69 Å². The van der Waals surface area contributed by atoms with Crippen LogP contribution in [0.3, 0.4) is 0 Å². The van der Waals surface area contributed by atoms with Gasteiger partial charge in [0.25, 0.3) is 0 Å². The van der Waals surface area contributed by atoms with Gasteiger partial charge in [0.1, 0.15) is 5.75 Å². The van der Waals surface area contributed by atoms with Gasteiger partial charge in [-0.2, -0.15) is 13.2 Å². The zero-order valence-electron chi connectivity index (χ0n) is 10.5. The molecule has 0 atom stereocenters. The van der Waals surface area contributed by atoms with Gasteiger partial charge in [-0.05, 0) is 24.3 Å². The van der Waals surface area contributed by atoms with E-state index in [2.05, 4.69) is 9.72 Å². The minimum Gasteiger partial charge on any atom is -0.484 e. The van der Waals surface area contributed by atoms with Crippen molar-refractivity contribution in [2.75, 3.05) is 13.7 Å². The fourth-order valence-electron chi connectivity index (χ4n) is 1.69. The number of hydrogen-bond acceptors (Lipinski definition) is 3. The quantitative estimate of drug-likeness (QED) is 0.856. The highest BCUT2D eigenvalue weighted by Crippen LogP contribution is 2.28. The molecule has 7 heteroatoms. The van der Waals surface area contributed by atoms with Crippen molar-refractivity contribution >= 4 is 22.5 Å². The van der Waals surface area contributed by atoms with Crippen LogP contribution >= 0.6 is 11.6 Å². The van der Waals surface area contributed by atoms with Crippen molar-refractivity contribution in [2.24, 2.45) is 0 Å². The molecule has 0 spiro atoms. The van der Waals surface area contributed by atoms with Crippen LogP contribution in [0.25, 0.3) is 10.9 Å². The molecule has 0 aliphatic rings. The number of alkyl halides is 3. The molecule has 1 heterocycles. The third-order valence-electron chi connectivity index (χ3n) is 2.48. The van der Waals surface area contributed by atoms with Crippen molar-refractivity contribution in [3.05, 3.63) is 35.0 Å². The van der Waals surface area contributed by atoms with Crippen molar-refractivity contribution in [1.82, 2.24) is 4.98 Å². The normalized spacial score (nSPS) is 11.8. The lowest BCUT2D eigenvalue weighted by molar-refractivity contribution is -0.153. The molecule has 0 amide bonds. The molecule has 2 rings (SSSR count). The molecule has 0 aliphatic heterocycles. The number of fused-ring (bicyclic) bond motifs is 1. The molecule has 108 valence electrons. The van der Waals surface area contributed by atoms with Gasteiger partial charge in [-0.3, -0.25) is 4.98 Å². The van der Waals surface area contributed by atoms with Crippen LogP contribution in [0.4, 0.5) is 13.2 Å². The number of nitrogens with zero attached hydrogens (tertiary/aromatic N) is 1. The van der Waals surface area contributed by atoms with Gasteiger partial charge >= 0.3 is 6.18 Å². The van der Waals surface area contributed by atoms with Gasteiger partial charge in [-0.1, -0.05) is 11.6 Å². The minimum atomic E-state index is -4.38. The smallest absolute Gasteiger partial charge is 0.422 e. The second-order valence-electron chi connectivity index (χ2n) is 4.11. The minimum absolute atomic E-state index is 0.0954. The van der Waals surface area contributed by atoms with Gasteiger partial charge in [0.15, 0.2) is 6.61 Å². The summed E-state index contributed by atoms with van der Waals surface area (Å²) in [6.45, 7) is -1.03. The summed E-state index contributed by atoms with van der Waals surface area (Å²) >= 11 is 6.09. The third-order valence-corrected chi connectivity index (χ3v) is 2.79. The maximum absolute atomic E-state index is 12.1. The average Bonchev–Trinajstić information content (AvgIpc) is 2.36. The molecule has 0 fully saturated rings. The first-order valence-electron chi connectivity index (χ1n) is 5.67. The lowest BCUT2D eigenvalue weighted by Gasteiger charge is -2.10. The molecular formula is C13H11ClF3NO2. The van der Waals surface area contributed by atoms with Crippen LogP contribution in [-0.2, 0) is 11.3 Å². The molecule has 0 unspecified atom stereocenters. The highest BCUT2D eigenvalue weighted by Gasteiger charge is 2.28. The lowest BCUT2D eigenvalue weighted by Crippen LogP contribution is -2.19. The second kappa shape index (κ2) is 5.85. The highest BCUT2D eigenvalue weighted by molar-refractivity contribution is 6.35. The molecule has 0 radical (unpaired) electrons. The number of benzene rings is 1. The van der Waals surface area contributed by atoms with E-state index in [0.29, 0.717) is 28.2 Å². The van der Waals surface area contributed by atoms with E-state index in [1.807, 2.05) is 0 Å². The van der Waals surface area contributed by atoms with Crippen LogP contribution in [0, 0.1) is 0 Å². The van der Waals surface area contributed by atoms with E-state index >= 15 is 0 Å². The number of hydrogen-bond donors (Lipinski definition) is 0. The van der Waals surface area contributed by atoms with Crippen molar-refractivity contribution < 1.29 is 22.6 Å². The van der Waals surface area contributed by atoms with Gasteiger partial charge in [0.05, 0.1) is 22.8 Å². The largest absolute Gasteiger partial charge is 0.484 e. The van der Waals surface area contributed by atoms with Crippen molar-refractivity contribution in [1.29, 1.82) is 0 Å². The van der Waals surface area contributed by atoms with E-state index in [1.165, 1.54) is 19.2 Å². The molecule has 0 N–H and O–H groups in total. The molecule has 0 aliphatic carbocycles. The number of halogens is 4. The van der Waals surface area contributed by atoms with Gasteiger partial charge < -0.3 is 9.47 Å². The Hall–Kier alpha value is -1.53. The van der Waals surface area contributed by atoms with E-state index in [1.54, 1.807) is 12.1 Å². The SMILES string of the molecule is COCc1cc(Cl)c2cc(OCC(F)(F)F)ccc2n1. The molecule has 0 bridgehead atoms. The molecule has 1 aromatic heterocycles. The fraction of sp³-hybridized carbons (Fsp3) is 0.308. The summed E-state index contributed by atoms with van der Waals surface area (Å²) in [4.78, 5) is 4.29. The Labute approximate surface area is 118 Å². The van der Waals surface area contributed by atoms with Crippen LogP contribution in [0.15, 0.2) is 24.3 Å². The molecule has 20 heavy (non-hydrogen) atoms. The highest BCUT2D eigenvalue weighted by atomic mass is 35.5. The van der Waals surface area contributed by atoms with E-state index in [4.69, 9.17) is 16.3 Å². The Bertz CT molecular complexity index is 616. The number of rotatable bonds is 4. The summed E-state index contributed by atoms with van der Waals surface area (Å²) in [6.07, 6.45) is -4.38. The zero-order valence-corrected chi connectivity index (χ0v) is 11.3. The Morgan fingerprint density at radius 3 is 2.65 bits per heavy atom. The monoisotopic (exact) mass is 305 g/mol. The first-order chi connectivity index (χ1) is 9.39. The van der Waals surface area contributed by atoms with E-state index in [-0.39, 0.29) is 5.75 Å². The number of ether oxygens (including phenoxy) is 2. The molecular weight excluding hydrogens is 295 g/mol. The topological polar surface area (TPSA) is 31.4 Å². The summed E-state index contributed by atoms with van der Waals surface area (Å²) in [7, 11) is 1.54. The predicted octanol–water partition coefficient (Wildman–Crippen LogP) is 3.98. The Kier molecular flexibility index (Phi) is 4.35. The van der Waals surface area contributed by atoms with Crippen molar-refractivity contribution in [2.45, 2.75) is 12.8 Å². The number of pyridine rings is 1. The molecule has 0 saturated heterocycles. The second-order valence-corrected chi connectivity index (χ2v) is 4.52. The van der Waals surface area contributed by atoms with Gasteiger partial charge in [-0.15, -0.1) is 0 Å². The number of methoxy groups -OCH3 is 1. The van der Waals surface area contributed by atoms with Crippen LogP contribution in [-0.4, -0.2) is 24.9 Å². The van der Waals surface area contributed by atoms with Gasteiger partial charge in [0.2, 0.25) is 0 Å². The summed E-state index contributed by atoms with van der Waals surface area (Å²) in [6, 6.07) is 6.04. The Balaban J connectivity index is 2.30. The van der Waals surface area contributed by atoms with E-state index in [9.17, 15) is 13.2 Å². The summed E-state index contributed by atoms with van der Waals surface area (Å²) in [5.41, 5.74) is 1.22. The van der Waals surface area contributed by atoms with Crippen molar-refractivity contribution in [3.63, 3.8) is 0 Å². The van der Waals surface area contributed by atoms with E-state index in [0.717, 1.165) is 0 Å². The number of aromatic nitrogens is 1. The third kappa shape index (κ3) is 3.74. The van der Waals surface area contributed by atoms with E-state index < -0.39 is 12.8 Å². The Morgan fingerprint density at radius 1 is 1.25 bits per heavy atom. The molecule has 2 aromatic rings. The molecule has 3 nitrogen and oxygen atoms in total. The summed E-state index contributed by atoms with van der Waals surface area (Å²) in [5, 5.41) is 0.922. The van der Waals surface area contributed by atoms with Gasteiger partial charge in [-0.25, -0.2) is 0 Å². The maximum Gasteiger partial charge on any atom is 0.422 e. The van der Waals surface area contributed by atoms with Crippen molar-refractivity contribution in [3.8, 4) is 5.75 Å². The Morgan fingerprint density at radius 2 is 2.00 bits per heavy atom. The molecule has 1 aromatic carbocycles. The standard InChI is InChI=1S/C13H11ClF3NO2/c1-19-6-8-4-11(14)10-5-9(2-3-12(10)18-8)20-7-13(15,16)17/h2-5H,6-7H2,1H3. The maximum atomic E-state index is 12.1. The van der Waals surface area contributed by atoms with Crippen LogP contribution < -0.4 is 4.74 Å². The zero-order chi connectivity index (χ0) is 14.8. The molecule has 0 saturated carbocycles. The van der Waals surface area contributed by atoms with Crippen LogP contribution in [0.2, 0.25) is 5.02 Å². The predicted molar refractivity (Wildman–Crippen MR) is 69.0 cm³/mol. The lowest BCUT2D eigenvalue weighted by atomic mass is 10.2. The first kappa shape index (κ1) is 14.9. The summed E-state index contributed by atoms with van der Waals surface area (Å²) < 4.78 is 45.9. The first-order valence-corrected chi connectivity index (χ1v) is 6.04.